The molecule has 1 fully saturated rings. The fraction of sp³-hybridized carbons (Fsp3) is 0.214. The first-order valence-corrected chi connectivity index (χ1v) is 6.45. The molecule has 1 aliphatic heterocycles. The number of hydrogen-bond donors (Lipinski definition) is 2. The van der Waals surface area contributed by atoms with Crippen LogP contribution in [0.25, 0.3) is 11.3 Å². The first-order chi connectivity index (χ1) is 10.0. The Labute approximate surface area is 119 Å². The minimum absolute atomic E-state index is 0.105. The monoisotopic (exact) mass is 288 g/mol. The SMILES string of the molecule is NC(=O)C1CC(=O)N(c2cc(-c3ccc(F)cc3)[nH]n2)C1. The Balaban J connectivity index is 1.84. The average molecular weight is 288 g/mol. The van der Waals surface area contributed by atoms with Gasteiger partial charge in [-0.2, -0.15) is 5.10 Å². The molecule has 1 saturated heterocycles. The molecule has 108 valence electrons. The zero-order valence-corrected chi connectivity index (χ0v) is 11.0. The molecular weight excluding hydrogens is 275 g/mol. The van der Waals surface area contributed by atoms with Gasteiger partial charge in [0, 0.05) is 19.0 Å². The van der Waals surface area contributed by atoms with Gasteiger partial charge < -0.3 is 5.73 Å². The lowest BCUT2D eigenvalue weighted by Crippen LogP contribution is -2.28. The molecule has 0 spiro atoms. The zero-order chi connectivity index (χ0) is 15.0. The number of aromatic nitrogens is 2. The molecule has 1 aromatic heterocycles. The summed E-state index contributed by atoms with van der Waals surface area (Å²) in [5.41, 5.74) is 6.65. The van der Waals surface area contributed by atoms with Crippen molar-refractivity contribution in [2.24, 2.45) is 11.7 Å². The number of nitrogens with one attached hydrogen (secondary N) is 1. The Bertz CT molecular complexity index is 695. The number of nitrogens with two attached hydrogens (primary N) is 1. The number of rotatable bonds is 3. The van der Waals surface area contributed by atoms with Gasteiger partial charge in [0.1, 0.15) is 5.82 Å². The van der Waals surface area contributed by atoms with E-state index in [1.807, 2.05) is 0 Å². The maximum Gasteiger partial charge on any atom is 0.229 e. The van der Waals surface area contributed by atoms with Crippen LogP contribution in [0, 0.1) is 11.7 Å². The van der Waals surface area contributed by atoms with Gasteiger partial charge in [-0.15, -0.1) is 0 Å². The number of nitrogens with zero attached hydrogens (tertiary/aromatic N) is 2. The summed E-state index contributed by atoms with van der Waals surface area (Å²) in [6.07, 6.45) is 0.105. The highest BCUT2D eigenvalue weighted by Crippen LogP contribution is 2.27. The van der Waals surface area contributed by atoms with E-state index in [2.05, 4.69) is 10.2 Å². The van der Waals surface area contributed by atoms with Crippen LogP contribution in [-0.4, -0.2) is 28.6 Å². The van der Waals surface area contributed by atoms with E-state index in [0.29, 0.717) is 11.5 Å². The Morgan fingerprint density at radius 1 is 1.38 bits per heavy atom. The van der Waals surface area contributed by atoms with Gasteiger partial charge in [-0.05, 0) is 29.8 Å². The van der Waals surface area contributed by atoms with Crippen LogP contribution in [-0.2, 0) is 9.59 Å². The molecule has 2 aromatic rings. The second-order valence-corrected chi connectivity index (χ2v) is 4.95. The van der Waals surface area contributed by atoms with Crippen LogP contribution in [0.5, 0.6) is 0 Å². The summed E-state index contributed by atoms with van der Waals surface area (Å²) >= 11 is 0. The number of halogens is 1. The van der Waals surface area contributed by atoms with Gasteiger partial charge >= 0.3 is 0 Å². The first-order valence-electron chi connectivity index (χ1n) is 6.45. The molecule has 21 heavy (non-hydrogen) atoms. The van der Waals surface area contributed by atoms with Gasteiger partial charge in [0.2, 0.25) is 11.8 Å². The Morgan fingerprint density at radius 2 is 2.10 bits per heavy atom. The van der Waals surface area contributed by atoms with Gasteiger partial charge in [0.05, 0.1) is 11.6 Å². The highest BCUT2D eigenvalue weighted by Gasteiger charge is 2.35. The molecule has 3 rings (SSSR count). The predicted molar refractivity (Wildman–Crippen MR) is 73.6 cm³/mol. The second-order valence-electron chi connectivity index (χ2n) is 4.95. The number of primary amides is 1. The fourth-order valence-electron chi connectivity index (χ4n) is 2.35. The molecule has 1 atom stereocenters. The molecule has 0 bridgehead atoms. The van der Waals surface area contributed by atoms with E-state index in [1.54, 1.807) is 18.2 Å². The van der Waals surface area contributed by atoms with Crippen molar-refractivity contribution in [3.8, 4) is 11.3 Å². The molecule has 2 amide bonds. The molecule has 1 aromatic carbocycles. The highest BCUT2D eigenvalue weighted by molar-refractivity contribution is 5.99. The van der Waals surface area contributed by atoms with E-state index in [9.17, 15) is 14.0 Å². The maximum atomic E-state index is 12.9. The maximum absolute atomic E-state index is 12.9. The Kier molecular flexibility index (Phi) is 3.17. The molecule has 0 aliphatic carbocycles. The number of H-pyrrole nitrogens is 1. The molecule has 3 N–H and O–H groups in total. The topological polar surface area (TPSA) is 92.1 Å². The lowest BCUT2D eigenvalue weighted by Gasteiger charge is -2.11. The summed E-state index contributed by atoms with van der Waals surface area (Å²) in [5, 5.41) is 6.88. The summed E-state index contributed by atoms with van der Waals surface area (Å²) in [6.45, 7) is 0.238. The van der Waals surface area contributed by atoms with Crippen LogP contribution >= 0.6 is 0 Å². The van der Waals surface area contributed by atoms with Crippen molar-refractivity contribution >= 4 is 17.6 Å². The van der Waals surface area contributed by atoms with Crippen molar-refractivity contribution in [3.05, 3.63) is 36.1 Å². The van der Waals surface area contributed by atoms with Crippen LogP contribution < -0.4 is 10.6 Å². The van der Waals surface area contributed by atoms with Gasteiger partial charge in [0.25, 0.3) is 0 Å². The van der Waals surface area contributed by atoms with Crippen molar-refractivity contribution in [2.45, 2.75) is 6.42 Å². The van der Waals surface area contributed by atoms with Crippen molar-refractivity contribution in [2.75, 3.05) is 11.4 Å². The first kappa shape index (κ1) is 13.3. The standard InChI is InChI=1S/C14H13FN4O2/c15-10-3-1-8(2-4-10)11-6-12(18-17-11)19-7-9(14(16)21)5-13(19)20/h1-4,6,9H,5,7H2,(H2,16,21)(H,17,18). The van der Waals surface area contributed by atoms with Crippen molar-refractivity contribution in [1.82, 2.24) is 10.2 Å². The summed E-state index contributed by atoms with van der Waals surface area (Å²) in [4.78, 5) is 24.5. The lowest BCUT2D eigenvalue weighted by atomic mass is 10.1. The molecule has 6 nitrogen and oxygen atoms in total. The minimum atomic E-state index is -0.486. The molecule has 2 heterocycles. The predicted octanol–water partition coefficient (Wildman–Crippen LogP) is 1.05. The molecule has 1 aliphatic rings. The van der Waals surface area contributed by atoms with Crippen LogP contribution in [0.2, 0.25) is 0 Å². The summed E-state index contributed by atoms with van der Waals surface area (Å²) in [5.74, 6) is -1.04. The molecule has 7 heteroatoms. The van der Waals surface area contributed by atoms with Crippen molar-refractivity contribution in [1.29, 1.82) is 0 Å². The van der Waals surface area contributed by atoms with Crippen LogP contribution in [0.15, 0.2) is 30.3 Å². The highest BCUT2D eigenvalue weighted by atomic mass is 19.1. The van der Waals surface area contributed by atoms with E-state index in [-0.39, 0.29) is 24.7 Å². The van der Waals surface area contributed by atoms with Crippen LogP contribution in [0.3, 0.4) is 0 Å². The molecule has 1 unspecified atom stereocenters. The third-order valence-electron chi connectivity index (χ3n) is 3.52. The van der Waals surface area contributed by atoms with E-state index >= 15 is 0 Å². The molecular formula is C14H13FN4O2. The van der Waals surface area contributed by atoms with Crippen molar-refractivity contribution in [3.63, 3.8) is 0 Å². The normalized spacial score (nSPS) is 18.2. The van der Waals surface area contributed by atoms with Gasteiger partial charge in [-0.25, -0.2) is 4.39 Å². The van der Waals surface area contributed by atoms with E-state index < -0.39 is 11.8 Å². The fourth-order valence-corrected chi connectivity index (χ4v) is 2.35. The minimum Gasteiger partial charge on any atom is -0.369 e. The van der Waals surface area contributed by atoms with Gasteiger partial charge in [0.15, 0.2) is 5.82 Å². The zero-order valence-electron chi connectivity index (χ0n) is 11.0. The summed E-state index contributed by atoms with van der Waals surface area (Å²) in [6, 6.07) is 7.61. The smallest absolute Gasteiger partial charge is 0.229 e. The number of carbonyl (C=O) groups is 2. The largest absolute Gasteiger partial charge is 0.369 e. The van der Waals surface area contributed by atoms with E-state index in [4.69, 9.17) is 5.73 Å². The Morgan fingerprint density at radius 3 is 2.71 bits per heavy atom. The molecule has 0 radical (unpaired) electrons. The van der Waals surface area contributed by atoms with Gasteiger partial charge in [-0.3, -0.25) is 19.6 Å². The van der Waals surface area contributed by atoms with Gasteiger partial charge in [-0.1, -0.05) is 0 Å². The second kappa shape index (κ2) is 5.01. The number of hydrogen-bond acceptors (Lipinski definition) is 3. The summed E-state index contributed by atoms with van der Waals surface area (Å²) in [7, 11) is 0. The van der Waals surface area contributed by atoms with E-state index in [0.717, 1.165) is 5.56 Å². The number of aromatic amines is 1. The third-order valence-corrected chi connectivity index (χ3v) is 3.52. The number of benzene rings is 1. The molecule has 0 saturated carbocycles. The lowest BCUT2D eigenvalue weighted by molar-refractivity contribution is -0.123. The quantitative estimate of drug-likeness (QED) is 0.884. The van der Waals surface area contributed by atoms with Crippen LogP contribution in [0.1, 0.15) is 6.42 Å². The van der Waals surface area contributed by atoms with Crippen molar-refractivity contribution < 1.29 is 14.0 Å². The van der Waals surface area contributed by atoms with E-state index in [1.165, 1.54) is 17.0 Å². The third kappa shape index (κ3) is 2.49. The average Bonchev–Trinajstić information content (AvgIpc) is 3.06. The number of carbonyl (C=O) groups excluding carboxylic acids is 2. The number of amides is 2. The Hall–Kier alpha value is -2.70. The van der Waals surface area contributed by atoms with Crippen LogP contribution in [0.4, 0.5) is 10.2 Å². The summed E-state index contributed by atoms with van der Waals surface area (Å²) < 4.78 is 12.9. The number of anilines is 1.